The summed E-state index contributed by atoms with van der Waals surface area (Å²) in [5.74, 6) is 2.26. The lowest BCUT2D eigenvalue weighted by molar-refractivity contribution is -0.149. The third-order valence-electron chi connectivity index (χ3n) is 3.85. The Hall–Kier alpha value is -1.04. The van der Waals surface area contributed by atoms with E-state index < -0.39 is 5.41 Å². The monoisotopic (exact) mass is 295 g/mol. The van der Waals surface area contributed by atoms with E-state index in [0.29, 0.717) is 17.7 Å². The van der Waals surface area contributed by atoms with Crippen LogP contribution in [0.2, 0.25) is 0 Å². The first-order valence-corrected chi connectivity index (χ1v) is 8.17. The van der Waals surface area contributed by atoms with E-state index in [2.05, 4.69) is 14.8 Å². The fourth-order valence-corrected chi connectivity index (χ4v) is 3.35. The summed E-state index contributed by atoms with van der Waals surface area (Å²) in [6.07, 6.45) is 4.93. The second-order valence-corrected chi connectivity index (χ2v) is 7.32. The summed E-state index contributed by atoms with van der Waals surface area (Å²) in [6.45, 7) is 3.82. The van der Waals surface area contributed by atoms with Gasteiger partial charge in [0.15, 0.2) is 5.16 Å². The van der Waals surface area contributed by atoms with E-state index >= 15 is 0 Å². The highest BCUT2D eigenvalue weighted by Crippen LogP contribution is 2.46. The molecule has 0 unspecified atom stereocenters. The SMILES string of the molecule is COC(=O)C(C)(C)CSc1nnc(C2CC2)n1C1CC1. The molecule has 0 spiro atoms. The van der Waals surface area contributed by atoms with Gasteiger partial charge in [-0.1, -0.05) is 11.8 Å². The van der Waals surface area contributed by atoms with E-state index in [-0.39, 0.29) is 5.97 Å². The van der Waals surface area contributed by atoms with Gasteiger partial charge in [-0.25, -0.2) is 0 Å². The van der Waals surface area contributed by atoms with Gasteiger partial charge in [0.1, 0.15) is 5.82 Å². The van der Waals surface area contributed by atoms with Gasteiger partial charge in [0.05, 0.1) is 12.5 Å². The molecule has 2 fully saturated rings. The lowest BCUT2D eigenvalue weighted by Gasteiger charge is -2.20. The fraction of sp³-hybridized carbons (Fsp3) is 0.786. The van der Waals surface area contributed by atoms with E-state index in [4.69, 9.17) is 4.74 Å². The largest absolute Gasteiger partial charge is 0.469 e. The second kappa shape index (κ2) is 5.06. The minimum absolute atomic E-state index is 0.176. The smallest absolute Gasteiger partial charge is 0.312 e. The summed E-state index contributed by atoms with van der Waals surface area (Å²) in [6, 6.07) is 0.587. The third-order valence-corrected chi connectivity index (χ3v) is 5.25. The normalized spacial score (nSPS) is 19.1. The Balaban J connectivity index is 1.73. The van der Waals surface area contributed by atoms with Crippen LogP contribution < -0.4 is 0 Å². The number of hydrogen-bond acceptors (Lipinski definition) is 5. The van der Waals surface area contributed by atoms with Gasteiger partial charge in [0, 0.05) is 17.7 Å². The zero-order valence-electron chi connectivity index (χ0n) is 12.3. The number of methoxy groups -OCH3 is 1. The van der Waals surface area contributed by atoms with Crippen molar-refractivity contribution in [3.05, 3.63) is 5.82 Å². The van der Waals surface area contributed by atoms with Crippen LogP contribution in [0.1, 0.15) is 57.3 Å². The zero-order valence-corrected chi connectivity index (χ0v) is 13.1. The molecule has 0 radical (unpaired) electrons. The van der Waals surface area contributed by atoms with Crippen LogP contribution in [0.3, 0.4) is 0 Å². The number of rotatable bonds is 6. The minimum atomic E-state index is -0.501. The summed E-state index contributed by atoms with van der Waals surface area (Å²) in [4.78, 5) is 11.7. The molecule has 0 aromatic carbocycles. The maximum absolute atomic E-state index is 11.7. The van der Waals surface area contributed by atoms with Gasteiger partial charge in [-0.05, 0) is 39.5 Å². The van der Waals surface area contributed by atoms with Crippen molar-refractivity contribution in [2.45, 2.75) is 56.6 Å². The number of carbonyl (C=O) groups excluding carboxylic acids is 1. The molecule has 20 heavy (non-hydrogen) atoms. The average molecular weight is 295 g/mol. The second-order valence-electron chi connectivity index (χ2n) is 6.38. The Bertz CT molecular complexity index is 518. The summed E-state index contributed by atoms with van der Waals surface area (Å²) >= 11 is 1.62. The quantitative estimate of drug-likeness (QED) is 0.596. The molecule has 0 N–H and O–H groups in total. The Labute approximate surface area is 123 Å². The Morgan fingerprint density at radius 2 is 2.05 bits per heavy atom. The highest BCUT2D eigenvalue weighted by Gasteiger charge is 2.37. The van der Waals surface area contributed by atoms with Crippen LogP contribution in [0, 0.1) is 5.41 Å². The van der Waals surface area contributed by atoms with Crippen molar-refractivity contribution in [2.24, 2.45) is 5.41 Å². The predicted octanol–water partition coefficient (Wildman–Crippen LogP) is 2.78. The van der Waals surface area contributed by atoms with E-state index in [0.717, 1.165) is 11.0 Å². The lowest BCUT2D eigenvalue weighted by Crippen LogP contribution is -2.28. The summed E-state index contributed by atoms with van der Waals surface area (Å²) in [5.41, 5.74) is -0.501. The molecule has 3 rings (SSSR count). The number of esters is 1. The Morgan fingerprint density at radius 1 is 1.35 bits per heavy atom. The average Bonchev–Trinajstić information content (AvgIpc) is 3.34. The number of ether oxygens (including phenoxy) is 1. The Morgan fingerprint density at radius 3 is 2.60 bits per heavy atom. The van der Waals surface area contributed by atoms with Gasteiger partial charge in [0.2, 0.25) is 0 Å². The first-order chi connectivity index (χ1) is 9.53. The van der Waals surface area contributed by atoms with E-state index in [9.17, 15) is 4.79 Å². The van der Waals surface area contributed by atoms with Crippen molar-refractivity contribution in [1.82, 2.24) is 14.8 Å². The van der Waals surface area contributed by atoms with Crippen molar-refractivity contribution in [3.63, 3.8) is 0 Å². The minimum Gasteiger partial charge on any atom is -0.469 e. The van der Waals surface area contributed by atoms with Crippen molar-refractivity contribution in [1.29, 1.82) is 0 Å². The maximum Gasteiger partial charge on any atom is 0.312 e. The highest BCUT2D eigenvalue weighted by molar-refractivity contribution is 7.99. The van der Waals surface area contributed by atoms with Crippen LogP contribution in [0.15, 0.2) is 5.16 Å². The van der Waals surface area contributed by atoms with Gasteiger partial charge in [-0.3, -0.25) is 4.79 Å². The molecule has 2 aliphatic carbocycles. The summed E-state index contributed by atoms with van der Waals surface area (Å²) in [5, 5.41) is 9.70. The zero-order chi connectivity index (χ0) is 14.3. The van der Waals surface area contributed by atoms with Crippen molar-refractivity contribution >= 4 is 17.7 Å². The maximum atomic E-state index is 11.7. The number of nitrogens with zero attached hydrogens (tertiary/aromatic N) is 3. The molecule has 1 aromatic heterocycles. The van der Waals surface area contributed by atoms with Gasteiger partial charge < -0.3 is 9.30 Å². The molecule has 110 valence electrons. The lowest BCUT2D eigenvalue weighted by atomic mass is 9.97. The molecule has 2 saturated carbocycles. The van der Waals surface area contributed by atoms with E-state index in [1.165, 1.54) is 32.8 Å². The van der Waals surface area contributed by atoms with Crippen LogP contribution >= 0.6 is 11.8 Å². The molecule has 0 aliphatic heterocycles. The predicted molar refractivity (Wildman–Crippen MR) is 76.8 cm³/mol. The van der Waals surface area contributed by atoms with E-state index in [1.807, 2.05) is 13.8 Å². The number of thioether (sulfide) groups is 1. The van der Waals surface area contributed by atoms with Gasteiger partial charge in [-0.2, -0.15) is 0 Å². The number of carbonyl (C=O) groups is 1. The van der Waals surface area contributed by atoms with Crippen molar-refractivity contribution in [3.8, 4) is 0 Å². The Kier molecular flexibility index (Phi) is 3.52. The molecule has 1 aromatic rings. The molecule has 1 heterocycles. The van der Waals surface area contributed by atoms with Crippen LogP contribution in [0.4, 0.5) is 0 Å². The summed E-state index contributed by atoms with van der Waals surface area (Å²) < 4.78 is 7.17. The highest BCUT2D eigenvalue weighted by atomic mass is 32.2. The van der Waals surface area contributed by atoms with Crippen LogP contribution in [-0.2, 0) is 9.53 Å². The molecule has 0 saturated heterocycles. The van der Waals surface area contributed by atoms with E-state index in [1.54, 1.807) is 11.8 Å². The molecule has 0 amide bonds. The topological polar surface area (TPSA) is 57.0 Å². The molecule has 0 bridgehead atoms. The molecule has 0 atom stereocenters. The molecule has 5 nitrogen and oxygen atoms in total. The van der Waals surface area contributed by atoms with Crippen LogP contribution in [0.25, 0.3) is 0 Å². The molecule has 6 heteroatoms. The molecule has 2 aliphatic rings. The van der Waals surface area contributed by atoms with Crippen molar-refractivity contribution < 1.29 is 9.53 Å². The standard InChI is InChI=1S/C14H21N3O2S/c1-14(2,12(18)19-3)8-20-13-16-15-11(9-4-5-9)17(13)10-6-7-10/h9-10H,4-8H2,1-3H3. The number of aromatic nitrogens is 3. The fourth-order valence-electron chi connectivity index (χ4n) is 2.26. The van der Waals surface area contributed by atoms with Crippen LogP contribution in [0.5, 0.6) is 0 Å². The first-order valence-electron chi connectivity index (χ1n) is 7.19. The van der Waals surface area contributed by atoms with Crippen molar-refractivity contribution in [2.75, 3.05) is 12.9 Å². The van der Waals surface area contributed by atoms with Crippen LogP contribution in [-0.4, -0.2) is 33.6 Å². The van der Waals surface area contributed by atoms with Gasteiger partial charge in [0.25, 0.3) is 0 Å². The molecular formula is C14H21N3O2S. The van der Waals surface area contributed by atoms with Gasteiger partial charge in [-0.15, -0.1) is 10.2 Å². The molecular weight excluding hydrogens is 274 g/mol. The first kappa shape index (κ1) is 13.9. The third kappa shape index (κ3) is 2.71. The summed E-state index contributed by atoms with van der Waals surface area (Å²) in [7, 11) is 1.44. The van der Waals surface area contributed by atoms with Gasteiger partial charge >= 0.3 is 5.97 Å². The number of hydrogen-bond donors (Lipinski definition) is 0.